The Labute approximate surface area is 194 Å². The lowest BCUT2D eigenvalue weighted by molar-refractivity contribution is -0.123. The summed E-state index contributed by atoms with van der Waals surface area (Å²) in [6, 6.07) is 8.52. The Morgan fingerprint density at radius 1 is 1.10 bits per heavy atom. The number of carbonyl (C=O) groups is 2. The van der Waals surface area contributed by atoms with Crippen LogP contribution in [0.3, 0.4) is 0 Å². The van der Waals surface area contributed by atoms with Crippen molar-refractivity contribution in [3.8, 4) is 17.2 Å². The molecule has 0 heterocycles. The average molecular weight is 513 g/mol. The third kappa shape index (κ3) is 7.45. The second kappa shape index (κ2) is 11.6. The molecular formula is C21H23BrClN3O5. The molecule has 2 amide bonds. The van der Waals surface area contributed by atoms with E-state index in [4.69, 9.17) is 25.8 Å². The first-order valence-corrected chi connectivity index (χ1v) is 10.3. The van der Waals surface area contributed by atoms with Crippen molar-refractivity contribution in [2.45, 2.75) is 20.3 Å². The summed E-state index contributed by atoms with van der Waals surface area (Å²) >= 11 is 9.47. The van der Waals surface area contributed by atoms with Crippen LogP contribution in [0.15, 0.2) is 39.9 Å². The molecule has 0 radical (unpaired) electrons. The standard InChI is InChI=1S/C21H23BrClN3O5/c1-12-7-14(5-6-15(12)22)31-11-21(28)26-25-13(2)8-20(27)24-17-10-18(29-3)16(23)9-19(17)30-4/h5-7,9-10H,8,11H2,1-4H3,(H,24,27)(H,26,28)/b25-13-. The molecule has 10 heteroatoms. The summed E-state index contributed by atoms with van der Waals surface area (Å²) in [5, 5.41) is 7.01. The average Bonchev–Trinajstić information content (AvgIpc) is 2.73. The summed E-state index contributed by atoms with van der Waals surface area (Å²) in [4.78, 5) is 24.3. The fourth-order valence-corrected chi connectivity index (χ4v) is 2.95. The topological polar surface area (TPSA) is 98.2 Å². The number of nitrogens with one attached hydrogen (secondary N) is 2. The van der Waals surface area contributed by atoms with Gasteiger partial charge in [0.15, 0.2) is 6.61 Å². The Kier molecular flexibility index (Phi) is 9.14. The normalized spacial score (nSPS) is 11.0. The number of halogens is 2. The van der Waals surface area contributed by atoms with Gasteiger partial charge in [0.1, 0.15) is 17.2 Å². The lowest BCUT2D eigenvalue weighted by Crippen LogP contribution is -2.26. The number of hydrogen-bond donors (Lipinski definition) is 2. The highest BCUT2D eigenvalue weighted by atomic mass is 79.9. The minimum atomic E-state index is -0.440. The SMILES string of the molecule is COc1cc(NC(=O)C/C(C)=N\NC(=O)COc2ccc(Br)c(C)c2)c(OC)cc1Cl. The third-order valence-corrected chi connectivity index (χ3v) is 5.22. The monoisotopic (exact) mass is 511 g/mol. The van der Waals surface area contributed by atoms with Crippen LogP contribution in [0.4, 0.5) is 5.69 Å². The number of nitrogens with zero attached hydrogens (tertiary/aromatic N) is 1. The van der Waals surface area contributed by atoms with Gasteiger partial charge in [-0.3, -0.25) is 9.59 Å². The summed E-state index contributed by atoms with van der Waals surface area (Å²) < 4.78 is 16.8. The fraction of sp³-hybridized carbons (Fsp3) is 0.286. The molecule has 2 aromatic rings. The van der Waals surface area contributed by atoms with Gasteiger partial charge in [0.2, 0.25) is 5.91 Å². The van der Waals surface area contributed by atoms with Crippen LogP contribution >= 0.6 is 27.5 Å². The zero-order valence-electron chi connectivity index (χ0n) is 17.5. The van der Waals surface area contributed by atoms with Gasteiger partial charge in [-0.15, -0.1) is 0 Å². The Morgan fingerprint density at radius 2 is 1.81 bits per heavy atom. The van der Waals surface area contributed by atoms with Crippen LogP contribution in [0.5, 0.6) is 17.2 Å². The van der Waals surface area contributed by atoms with Gasteiger partial charge in [-0.25, -0.2) is 5.43 Å². The molecule has 0 saturated carbocycles. The smallest absolute Gasteiger partial charge is 0.277 e. The number of methoxy groups -OCH3 is 2. The maximum Gasteiger partial charge on any atom is 0.277 e. The molecule has 2 rings (SSSR count). The summed E-state index contributed by atoms with van der Waals surface area (Å²) in [6.07, 6.45) is -0.0405. The molecular weight excluding hydrogens is 490 g/mol. The summed E-state index contributed by atoms with van der Waals surface area (Å²) in [5.41, 5.74) is 4.18. The number of hydrogen-bond acceptors (Lipinski definition) is 6. The molecule has 0 spiro atoms. The van der Waals surface area contributed by atoms with E-state index in [1.807, 2.05) is 19.1 Å². The molecule has 2 N–H and O–H groups in total. The lowest BCUT2D eigenvalue weighted by atomic mass is 10.2. The van der Waals surface area contributed by atoms with Crippen molar-refractivity contribution in [2.24, 2.45) is 5.10 Å². The summed E-state index contributed by atoms with van der Waals surface area (Å²) in [6.45, 7) is 3.34. The van der Waals surface area contributed by atoms with Crippen LogP contribution in [0.25, 0.3) is 0 Å². The molecule has 0 unspecified atom stereocenters. The minimum Gasteiger partial charge on any atom is -0.495 e. The number of benzene rings is 2. The van der Waals surface area contributed by atoms with Gasteiger partial charge in [0, 0.05) is 22.3 Å². The van der Waals surface area contributed by atoms with Gasteiger partial charge >= 0.3 is 0 Å². The predicted molar refractivity (Wildman–Crippen MR) is 123 cm³/mol. The molecule has 2 aromatic carbocycles. The van der Waals surface area contributed by atoms with E-state index in [2.05, 4.69) is 31.8 Å². The molecule has 0 atom stereocenters. The molecule has 0 fully saturated rings. The second-order valence-electron chi connectivity index (χ2n) is 6.49. The van der Waals surface area contributed by atoms with E-state index in [9.17, 15) is 9.59 Å². The van der Waals surface area contributed by atoms with Crippen LogP contribution in [0.1, 0.15) is 18.9 Å². The van der Waals surface area contributed by atoms with Gasteiger partial charge in [-0.1, -0.05) is 27.5 Å². The van der Waals surface area contributed by atoms with Gasteiger partial charge in [0.25, 0.3) is 5.91 Å². The van der Waals surface area contributed by atoms with Crippen molar-refractivity contribution >= 4 is 50.7 Å². The van der Waals surface area contributed by atoms with Crippen molar-refractivity contribution in [1.29, 1.82) is 0 Å². The Bertz CT molecular complexity index is 997. The van der Waals surface area contributed by atoms with E-state index in [1.165, 1.54) is 14.2 Å². The van der Waals surface area contributed by atoms with Crippen molar-refractivity contribution in [1.82, 2.24) is 5.43 Å². The largest absolute Gasteiger partial charge is 0.495 e. The van der Waals surface area contributed by atoms with Crippen LogP contribution in [-0.2, 0) is 9.59 Å². The van der Waals surface area contributed by atoms with E-state index in [0.29, 0.717) is 33.7 Å². The van der Waals surface area contributed by atoms with E-state index >= 15 is 0 Å². The summed E-state index contributed by atoms with van der Waals surface area (Å²) in [7, 11) is 2.94. The van der Waals surface area contributed by atoms with Crippen molar-refractivity contribution in [3.63, 3.8) is 0 Å². The number of hydrazone groups is 1. The minimum absolute atomic E-state index is 0.0405. The van der Waals surface area contributed by atoms with Gasteiger partial charge in [-0.05, 0) is 37.6 Å². The van der Waals surface area contributed by atoms with Gasteiger partial charge < -0.3 is 19.5 Å². The molecule has 166 valence electrons. The molecule has 0 aliphatic carbocycles. The van der Waals surface area contributed by atoms with E-state index in [0.717, 1.165) is 10.0 Å². The number of amides is 2. The van der Waals surface area contributed by atoms with E-state index in [1.54, 1.807) is 25.1 Å². The second-order valence-corrected chi connectivity index (χ2v) is 7.76. The highest BCUT2D eigenvalue weighted by molar-refractivity contribution is 9.10. The van der Waals surface area contributed by atoms with Crippen molar-refractivity contribution < 1.29 is 23.8 Å². The number of carbonyl (C=O) groups excluding carboxylic acids is 2. The number of ether oxygens (including phenoxy) is 3. The van der Waals surface area contributed by atoms with Crippen LogP contribution in [0.2, 0.25) is 5.02 Å². The van der Waals surface area contributed by atoms with Crippen molar-refractivity contribution in [3.05, 3.63) is 45.4 Å². The molecule has 0 aliphatic heterocycles. The Hall–Kier alpha value is -2.78. The van der Waals surface area contributed by atoms with Gasteiger partial charge in [-0.2, -0.15) is 5.10 Å². The summed E-state index contributed by atoms with van der Waals surface area (Å²) in [5.74, 6) is 0.575. The zero-order chi connectivity index (χ0) is 23.0. The van der Waals surface area contributed by atoms with Crippen molar-refractivity contribution in [2.75, 3.05) is 26.1 Å². The quantitative estimate of drug-likeness (QED) is 0.385. The first kappa shape index (κ1) is 24.5. The molecule has 0 aromatic heterocycles. The maximum absolute atomic E-state index is 12.3. The highest BCUT2D eigenvalue weighted by Crippen LogP contribution is 2.35. The lowest BCUT2D eigenvalue weighted by Gasteiger charge is -2.13. The molecule has 0 saturated heterocycles. The van der Waals surface area contributed by atoms with Crippen LogP contribution in [-0.4, -0.2) is 38.4 Å². The fourth-order valence-electron chi connectivity index (χ4n) is 2.47. The van der Waals surface area contributed by atoms with Crippen LogP contribution < -0.4 is 25.0 Å². The first-order valence-electron chi connectivity index (χ1n) is 9.15. The third-order valence-electron chi connectivity index (χ3n) is 4.04. The predicted octanol–water partition coefficient (Wildman–Crippen LogP) is 4.33. The van der Waals surface area contributed by atoms with E-state index < -0.39 is 5.91 Å². The van der Waals surface area contributed by atoms with E-state index in [-0.39, 0.29) is 18.9 Å². The number of aryl methyl sites for hydroxylation is 1. The number of rotatable bonds is 9. The Balaban J connectivity index is 1.88. The molecule has 31 heavy (non-hydrogen) atoms. The zero-order valence-corrected chi connectivity index (χ0v) is 19.9. The molecule has 0 bridgehead atoms. The van der Waals surface area contributed by atoms with Gasteiger partial charge in [0.05, 0.1) is 31.4 Å². The highest BCUT2D eigenvalue weighted by Gasteiger charge is 2.13. The molecule has 0 aliphatic rings. The van der Waals surface area contributed by atoms with Crippen LogP contribution in [0, 0.1) is 6.92 Å². The maximum atomic E-state index is 12.3. The number of anilines is 1. The Morgan fingerprint density at radius 3 is 2.45 bits per heavy atom. The molecule has 8 nitrogen and oxygen atoms in total. The first-order chi connectivity index (χ1) is 14.7.